The fourth-order valence-electron chi connectivity index (χ4n) is 2.03. The lowest BCUT2D eigenvalue weighted by atomic mass is 9.95. The van der Waals surface area contributed by atoms with E-state index in [0.717, 1.165) is 25.0 Å². The Bertz CT molecular complexity index is 134. The van der Waals surface area contributed by atoms with Crippen molar-refractivity contribution >= 4 is 0 Å². The van der Waals surface area contributed by atoms with Gasteiger partial charge >= 0.3 is 0 Å². The molecule has 1 rings (SSSR count). The van der Waals surface area contributed by atoms with Crippen molar-refractivity contribution in [3.63, 3.8) is 0 Å². The molecule has 1 aliphatic rings. The molecule has 2 unspecified atom stereocenters. The highest BCUT2D eigenvalue weighted by molar-refractivity contribution is 4.77. The number of rotatable bonds is 5. The normalized spacial score (nSPS) is 28.6. The molecule has 2 heteroatoms. The zero-order chi connectivity index (χ0) is 9.68. The van der Waals surface area contributed by atoms with Crippen LogP contribution < -0.4 is 0 Å². The Hall–Kier alpha value is -0.0800. The third-order valence-corrected chi connectivity index (χ3v) is 3.01. The predicted octanol–water partition coefficient (Wildman–Crippen LogP) is 2.47. The largest absolute Gasteiger partial charge is 0.382 e. The first-order chi connectivity index (χ1) is 6.24. The summed E-state index contributed by atoms with van der Waals surface area (Å²) >= 11 is 0. The molecule has 1 saturated carbocycles. The molecule has 0 radical (unpaired) electrons. The maximum absolute atomic E-state index is 5.70. The Labute approximate surface area is 81.6 Å². The molecule has 13 heavy (non-hydrogen) atoms. The van der Waals surface area contributed by atoms with Gasteiger partial charge in [0.05, 0.1) is 19.3 Å². The van der Waals surface area contributed by atoms with Crippen LogP contribution in [0.25, 0.3) is 0 Å². The van der Waals surface area contributed by atoms with Crippen LogP contribution in [0.2, 0.25) is 0 Å². The second-order valence-electron chi connectivity index (χ2n) is 4.30. The Morgan fingerprint density at radius 3 is 2.54 bits per heavy atom. The molecule has 2 atom stereocenters. The molecule has 78 valence electrons. The van der Waals surface area contributed by atoms with Crippen LogP contribution in [0.3, 0.4) is 0 Å². The van der Waals surface area contributed by atoms with E-state index >= 15 is 0 Å². The second kappa shape index (κ2) is 5.61. The van der Waals surface area contributed by atoms with E-state index in [0.29, 0.717) is 6.10 Å². The van der Waals surface area contributed by atoms with Gasteiger partial charge in [-0.25, -0.2) is 0 Å². The zero-order valence-electron chi connectivity index (χ0n) is 9.08. The van der Waals surface area contributed by atoms with Gasteiger partial charge in [-0.05, 0) is 31.1 Å². The number of hydrogen-bond acceptors (Lipinski definition) is 2. The molecule has 0 saturated heterocycles. The van der Waals surface area contributed by atoms with Crippen LogP contribution in [0.1, 0.15) is 33.1 Å². The monoisotopic (exact) mass is 186 g/mol. The molecular formula is C11H22O2. The van der Waals surface area contributed by atoms with Crippen LogP contribution in [0, 0.1) is 11.8 Å². The van der Waals surface area contributed by atoms with Crippen LogP contribution in [-0.2, 0) is 9.47 Å². The van der Waals surface area contributed by atoms with E-state index in [4.69, 9.17) is 9.47 Å². The summed E-state index contributed by atoms with van der Waals surface area (Å²) in [6.45, 7) is 6.10. The van der Waals surface area contributed by atoms with E-state index in [1.807, 2.05) is 0 Å². The maximum atomic E-state index is 5.70. The second-order valence-corrected chi connectivity index (χ2v) is 4.30. The van der Waals surface area contributed by atoms with Crippen molar-refractivity contribution in [1.29, 1.82) is 0 Å². The minimum Gasteiger partial charge on any atom is -0.382 e. The lowest BCUT2D eigenvalue weighted by Crippen LogP contribution is -2.13. The summed E-state index contributed by atoms with van der Waals surface area (Å²) in [6.07, 6.45) is 4.34. The molecule has 0 amide bonds. The van der Waals surface area contributed by atoms with Crippen molar-refractivity contribution in [3.05, 3.63) is 0 Å². The van der Waals surface area contributed by atoms with Crippen molar-refractivity contribution in [2.75, 3.05) is 20.3 Å². The summed E-state index contributed by atoms with van der Waals surface area (Å²) < 4.78 is 10.6. The fourth-order valence-corrected chi connectivity index (χ4v) is 2.03. The minimum absolute atomic E-state index is 0.502. The van der Waals surface area contributed by atoms with Crippen molar-refractivity contribution in [3.8, 4) is 0 Å². The SMILES string of the molecule is COCCOC1CCC(C(C)C)C1. The molecule has 0 aromatic carbocycles. The molecule has 2 nitrogen and oxygen atoms in total. The average molecular weight is 186 g/mol. The molecule has 1 fully saturated rings. The van der Waals surface area contributed by atoms with E-state index in [1.165, 1.54) is 19.3 Å². The van der Waals surface area contributed by atoms with Gasteiger partial charge < -0.3 is 9.47 Å². The van der Waals surface area contributed by atoms with Crippen LogP contribution in [0.5, 0.6) is 0 Å². The van der Waals surface area contributed by atoms with E-state index in [-0.39, 0.29) is 0 Å². The van der Waals surface area contributed by atoms with Gasteiger partial charge in [0.15, 0.2) is 0 Å². The molecule has 0 aliphatic heterocycles. The van der Waals surface area contributed by atoms with Gasteiger partial charge in [-0.3, -0.25) is 0 Å². The molecule has 0 aromatic rings. The number of methoxy groups -OCH3 is 1. The molecular weight excluding hydrogens is 164 g/mol. The lowest BCUT2D eigenvalue weighted by Gasteiger charge is -2.14. The molecule has 0 heterocycles. The van der Waals surface area contributed by atoms with Gasteiger partial charge in [-0.1, -0.05) is 13.8 Å². The van der Waals surface area contributed by atoms with Gasteiger partial charge in [-0.2, -0.15) is 0 Å². The summed E-state index contributed by atoms with van der Waals surface area (Å²) in [6, 6.07) is 0. The Morgan fingerprint density at radius 1 is 1.23 bits per heavy atom. The minimum atomic E-state index is 0.502. The van der Waals surface area contributed by atoms with E-state index < -0.39 is 0 Å². The highest BCUT2D eigenvalue weighted by Gasteiger charge is 2.26. The molecule has 0 N–H and O–H groups in total. The highest BCUT2D eigenvalue weighted by Crippen LogP contribution is 2.32. The van der Waals surface area contributed by atoms with Gasteiger partial charge in [0.2, 0.25) is 0 Å². The topological polar surface area (TPSA) is 18.5 Å². The van der Waals surface area contributed by atoms with Gasteiger partial charge in [0.1, 0.15) is 0 Å². The van der Waals surface area contributed by atoms with Gasteiger partial charge in [0, 0.05) is 7.11 Å². The Morgan fingerprint density at radius 2 is 2.00 bits per heavy atom. The highest BCUT2D eigenvalue weighted by atomic mass is 16.5. The summed E-state index contributed by atoms with van der Waals surface area (Å²) in [5.41, 5.74) is 0. The summed E-state index contributed by atoms with van der Waals surface area (Å²) in [5.74, 6) is 1.70. The van der Waals surface area contributed by atoms with Crippen LogP contribution >= 0.6 is 0 Å². The molecule has 0 bridgehead atoms. The lowest BCUT2D eigenvalue weighted by molar-refractivity contribution is 0.0182. The van der Waals surface area contributed by atoms with E-state index in [9.17, 15) is 0 Å². The van der Waals surface area contributed by atoms with Crippen LogP contribution in [0.4, 0.5) is 0 Å². The summed E-state index contributed by atoms with van der Waals surface area (Å²) in [4.78, 5) is 0. The molecule has 0 spiro atoms. The Kier molecular flexibility index (Phi) is 4.74. The summed E-state index contributed by atoms with van der Waals surface area (Å²) in [5, 5.41) is 0. The molecule has 0 aromatic heterocycles. The molecule has 1 aliphatic carbocycles. The first kappa shape index (κ1) is 11.0. The van der Waals surface area contributed by atoms with Crippen LogP contribution in [0.15, 0.2) is 0 Å². The van der Waals surface area contributed by atoms with Crippen molar-refractivity contribution < 1.29 is 9.47 Å². The van der Waals surface area contributed by atoms with Crippen molar-refractivity contribution in [2.45, 2.75) is 39.2 Å². The van der Waals surface area contributed by atoms with E-state index in [1.54, 1.807) is 7.11 Å². The Balaban J connectivity index is 2.10. The van der Waals surface area contributed by atoms with Crippen LogP contribution in [-0.4, -0.2) is 26.4 Å². The maximum Gasteiger partial charge on any atom is 0.0704 e. The van der Waals surface area contributed by atoms with Crippen molar-refractivity contribution in [1.82, 2.24) is 0 Å². The van der Waals surface area contributed by atoms with Gasteiger partial charge in [0.25, 0.3) is 0 Å². The fraction of sp³-hybridized carbons (Fsp3) is 1.00. The first-order valence-corrected chi connectivity index (χ1v) is 5.34. The van der Waals surface area contributed by atoms with Crippen molar-refractivity contribution in [2.24, 2.45) is 11.8 Å². The third-order valence-electron chi connectivity index (χ3n) is 3.01. The average Bonchev–Trinajstić information content (AvgIpc) is 2.53. The third kappa shape index (κ3) is 3.65. The zero-order valence-corrected chi connectivity index (χ0v) is 9.08. The first-order valence-electron chi connectivity index (χ1n) is 5.34. The van der Waals surface area contributed by atoms with E-state index in [2.05, 4.69) is 13.8 Å². The van der Waals surface area contributed by atoms with Gasteiger partial charge in [-0.15, -0.1) is 0 Å². The predicted molar refractivity (Wildman–Crippen MR) is 53.8 cm³/mol. The summed E-state index contributed by atoms with van der Waals surface area (Å²) in [7, 11) is 1.72. The smallest absolute Gasteiger partial charge is 0.0704 e. The number of ether oxygens (including phenoxy) is 2. The number of hydrogen-bond donors (Lipinski definition) is 0. The quantitative estimate of drug-likeness (QED) is 0.614. The standard InChI is InChI=1S/C11H22O2/c1-9(2)10-4-5-11(8-10)13-7-6-12-3/h9-11H,4-8H2,1-3H3.